The Morgan fingerprint density at radius 3 is 2.39 bits per heavy atom. The van der Waals surface area contributed by atoms with Crippen LogP contribution in [0.25, 0.3) is 11.1 Å². The Labute approximate surface area is 187 Å². The van der Waals surface area contributed by atoms with Crippen molar-refractivity contribution in [2.45, 2.75) is 33.1 Å². The molecular formula is C25H27NO4S. The number of carbonyl (C=O) groups excluding carboxylic acids is 2. The molecule has 0 aliphatic carbocycles. The lowest BCUT2D eigenvalue weighted by molar-refractivity contribution is -0.116. The first-order valence-electron chi connectivity index (χ1n) is 10.3. The summed E-state index contributed by atoms with van der Waals surface area (Å²) in [5.41, 5.74) is 4.46. The van der Waals surface area contributed by atoms with E-state index in [-0.39, 0.29) is 5.91 Å². The van der Waals surface area contributed by atoms with Gasteiger partial charge < -0.3 is 14.8 Å². The van der Waals surface area contributed by atoms with Crippen molar-refractivity contribution in [3.63, 3.8) is 0 Å². The number of methoxy groups -OCH3 is 1. The van der Waals surface area contributed by atoms with Gasteiger partial charge in [-0.25, -0.2) is 4.79 Å². The van der Waals surface area contributed by atoms with E-state index in [0.717, 1.165) is 23.3 Å². The van der Waals surface area contributed by atoms with Crippen LogP contribution in [0, 0.1) is 6.92 Å². The van der Waals surface area contributed by atoms with Crippen molar-refractivity contribution < 1.29 is 19.1 Å². The number of hydrogen-bond acceptors (Lipinski definition) is 5. The van der Waals surface area contributed by atoms with Crippen molar-refractivity contribution in [2.24, 2.45) is 0 Å². The van der Waals surface area contributed by atoms with Crippen molar-refractivity contribution in [2.75, 3.05) is 19.0 Å². The summed E-state index contributed by atoms with van der Waals surface area (Å²) in [6.07, 6.45) is 1.82. The number of nitrogens with one attached hydrogen (secondary N) is 1. The van der Waals surface area contributed by atoms with Gasteiger partial charge in [0, 0.05) is 17.4 Å². The van der Waals surface area contributed by atoms with E-state index in [1.54, 1.807) is 0 Å². The van der Waals surface area contributed by atoms with Gasteiger partial charge in [-0.2, -0.15) is 0 Å². The van der Waals surface area contributed by atoms with Gasteiger partial charge in [-0.3, -0.25) is 4.79 Å². The maximum Gasteiger partial charge on any atom is 0.341 e. The SMILES string of the molecule is CCc1ccc(-c2csc(NC(=O)CCCOc3ccc(C)cc3)c2C(=O)OC)cc1. The van der Waals surface area contributed by atoms with Gasteiger partial charge in [0.15, 0.2) is 0 Å². The number of thiophene rings is 1. The molecule has 1 heterocycles. The second kappa shape index (κ2) is 10.8. The standard InChI is InChI=1S/C25H27NO4S/c1-4-18-9-11-19(12-10-18)21-16-31-24(23(21)25(28)29-3)26-22(27)6-5-15-30-20-13-7-17(2)8-14-20/h7-14,16H,4-6,15H2,1-3H3,(H,26,27). The Kier molecular flexibility index (Phi) is 7.84. The van der Waals surface area contributed by atoms with E-state index in [1.807, 2.05) is 60.8 Å². The van der Waals surface area contributed by atoms with Crippen molar-refractivity contribution in [3.05, 3.63) is 70.6 Å². The Morgan fingerprint density at radius 2 is 1.74 bits per heavy atom. The summed E-state index contributed by atoms with van der Waals surface area (Å²) in [4.78, 5) is 24.9. The summed E-state index contributed by atoms with van der Waals surface area (Å²) >= 11 is 1.33. The first kappa shape index (κ1) is 22.6. The number of carbonyl (C=O) groups is 2. The molecular weight excluding hydrogens is 410 g/mol. The van der Waals surface area contributed by atoms with E-state index in [1.165, 1.54) is 29.6 Å². The molecule has 31 heavy (non-hydrogen) atoms. The van der Waals surface area contributed by atoms with Crippen LogP contribution in [-0.4, -0.2) is 25.6 Å². The van der Waals surface area contributed by atoms with Crippen LogP contribution in [-0.2, 0) is 16.0 Å². The molecule has 0 saturated carbocycles. The number of amides is 1. The number of benzene rings is 2. The van der Waals surface area contributed by atoms with Crippen LogP contribution in [0.3, 0.4) is 0 Å². The van der Waals surface area contributed by atoms with Crippen LogP contribution in [0.1, 0.15) is 41.3 Å². The topological polar surface area (TPSA) is 64.6 Å². The van der Waals surface area contributed by atoms with Gasteiger partial charge in [0.25, 0.3) is 0 Å². The predicted molar refractivity (Wildman–Crippen MR) is 125 cm³/mol. The normalized spacial score (nSPS) is 10.5. The van der Waals surface area contributed by atoms with E-state index in [0.29, 0.717) is 30.0 Å². The molecule has 3 rings (SSSR count). The molecule has 162 valence electrons. The van der Waals surface area contributed by atoms with Crippen LogP contribution in [0.15, 0.2) is 53.9 Å². The minimum atomic E-state index is -0.464. The summed E-state index contributed by atoms with van der Waals surface area (Å²) in [7, 11) is 1.35. The molecule has 1 amide bonds. The second-order valence-electron chi connectivity index (χ2n) is 7.21. The number of ether oxygens (including phenoxy) is 2. The fourth-order valence-corrected chi connectivity index (χ4v) is 4.11. The fourth-order valence-electron chi connectivity index (χ4n) is 3.13. The highest BCUT2D eigenvalue weighted by atomic mass is 32.1. The molecule has 0 bridgehead atoms. The van der Waals surface area contributed by atoms with E-state index < -0.39 is 5.97 Å². The van der Waals surface area contributed by atoms with Crippen LogP contribution in [0.4, 0.5) is 5.00 Å². The van der Waals surface area contributed by atoms with Crippen LogP contribution < -0.4 is 10.1 Å². The molecule has 0 atom stereocenters. The van der Waals surface area contributed by atoms with Crippen LogP contribution in [0.5, 0.6) is 5.75 Å². The molecule has 0 radical (unpaired) electrons. The summed E-state index contributed by atoms with van der Waals surface area (Å²) in [6, 6.07) is 15.9. The first-order valence-corrected chi connectivity index (χ1v) is 11.2. The monoisotopic (exact) mass is 437 g/mol. The van der Waals surface area contributed by atoms with Crippen molar-refractivity contribution >= 4 is 28.2 Å². The minimum absolute atomic E-state index is 0.160. The lowest BCUT2D eigenvalue weighted by Crippen LogP contribution is -2.14. The lowest BCUT2D eigenvalue weighted by Gasteiger charge is -2.09. The Morgan fingerprint density at radius 1 is 1.03 bits per heavy atom. The third kappa shape index (κ3) is 5.95. The average Bonchev–Trinajstić information content (AvgIpc) is 3.20. The average molecular weight is 438 g/mol. The molecule has 0 saturated heterocycles. The van der Waals surface area contributed by atoms with E-state index in [2.05, 4.69) is 12.2 Å². The molecule has 0 aliphatic heterocycles. The number of esters is 1. The van der Waals surface area contributed by atoms with Gasteiger partial charge in [-0.1, -0.05) is 48.9 Å². The van der Waals surface area contributed by atoms with Gasteiger partial charge in [-0.15, -0.1) is 11.3 Å². The maximum atomic E-state index is 12.4. The largest absolute Gasteiger partial charge is 0.494 e. The van der Waals surface area contributed by atoms with Crippen LogP contribution >= 0.6 is 11.3 Å². The molecule has 1 aromatic heterocycles. The highest BCUT2D eigenvalue weighted by Crippen LogP contribution is 2.36. The molecule has 6 heteroatoms. The third-order valence-electron chi connectivity index (χ3n) is 4.94. The predicted octanol–water partition coefficient (Wildman–Crippen LogP) is 5.87. The van der Waals surface area contributed by atoms with Gasteiger partial charge in [0.05, 0.1) is 13.7 Å². The van der Waals surface area contributed by atoms with Gasteiger partial charge in [0.1, 0.15) is 16.3 Å². The molecule has 0 spiro atoms. The Hall–Kier alpha value is -3.12. The van der Waals surface area contributed by atoms with Crippen molar-refractivity contribution in [3.8, 4) is 16.9 Å². The zero-order valence-electron chi connectivity index (χ0n) is 18.1. The molecule has 1 N–H and O–H groups in total. The van der Waals surface area contributed by atoms with Gasteiger partial charge in [-0.05, 0) is 43.0 Å². The number of aryl methyl sites for hydroxylation is 2. The van der Waals surface area contributed by atoms with Crippen LogP contribution in [0.2, 0.25) is 0 Å². The van der Waals surface area contributed by atoms with Crippen molar-refractivity contribution in [1.82, 2.24) is 0 Å². The third-order valence-corrected chi connectivity index (χ3v) is 5.84. The number of anilines is 1. The molecule has 0 aliphatic rings. The highest BCUT2D eigenvalue weighted by molar-refractivity contribution is 7.15. The fraction of sp³-hybridized carbons (Fsp3) is 0.280. The summed E-state index contributed by atoms with van der Waals surface area (Å²) in [5, 5.41) is 5.25. The minimum Gasteiger partial charge on any atom is -0.494 e. The number of hydrogen-bond donors (Lipinski definition) is 1. The first-order chi connectivity index (χ1) is 15.0. The maximum absolute atomic E-state index is 12.4. The lowest BCUT2D eigenvalue weighted by atomic mass is 10.0. The molecule has 0 unspecified atom stereocenters. The Bertz CT molecular complexity index is 1020. The molecule has 0 fully saturated rings. The van der Waals surface area contributed by atoms with E-state index in [9.17, 15) is 9.59 Å². The summed E-state index contributed by atoms with van der Waals surface area (Å²) < 4.78 is 10.6. The molecule has 2 aromatic carbocycles. The number of rotatable bonds is 9. The molecule has 3 aromatic rings. The zero-order chi connectivity index (χ0) is 22.2. The Balaban J connectivity index is 1.63. The van der Waals surface area contributed by atoms with Gasteiger partial charge in [0.2, 0.25) is 5.91 Å². The highest BCUT2D eigenvalue weighted by Gasteiger charge is 2.22. The summed E-state index contributed by atoms with van der Waals surface area (Å²) in [5.74, 6) is 0.164. The second-order valence-corrected chi connectivity index (χ2v) is 8.09. The summed E-state index contributed by atoms with van der Waals surface area (Å²) in [6.45, 7) is 4.56. The molecule has 5 nitrogen and oxygen atoms in total. The quantitative estimate of drug-likeness (QED) is 0.336. The van der Waals surface area contributed by atoms with E-state index in [4.69, 9.17) is 9.47 Å². The van der Waals surface area contributed by atoms with Crippen molar-refractivity contribution in [1.29, 1.82) is 0 Å². The zero-order valence-corrected chi connectivity index (χ0v) is 18.9. The van der Waals surface area contributed by atoms with E-state index >= 15 is 0 Å². The smallest absolute Gasteiger partial charge is 0.341 e. The van der Waals surface area contributed by atoms with Gasteiger partial charge >= 0.3 is 5.97 Å².